The van der Waals surface area contributed by atoms with E-state index in [1.165, 1.54) is 0 Å². The van der Waals surface area contributed by atoms with Gasteiger partial charge in [0.1, 0.15) is 0 Å². The van der Waals surface area contributed by atoms with E-state index in [0.717, 1.165) is 16.5 Å². The van der Waals surface area contributed by atoms with Crippen LogP contribution in [0.4, 0.5) is 5.69 Å². The molecule has 0 spiro atoms. The van der Waals surface area contributed by atoms with E-state index >= 15 is 0 Å². The number of benzene rings is 2. The predicted molar refractivity (Wildman–Crippen MR) is 67.2 cm³/mol. The Morgan fingerprint density at radius 2 is 1.94 bits per heavy atom. The normalized spacial score (nSPS) is 12.3. The maximum Gasteiger partial charge on any atom is 0.291 e. The van der Waals surface area contributed by atoms with Gasteiger partial charge in [0, 0.05) is 5.39 Å². The van der Waals surface area contributed by atoms with Crippen LogP contribution in [0.5, 0.6) is 0 Å². The lowest BCUT2D eigenvalue weighted by molar-refractivity contribution is -0.383. The summed E-state index contributed by atoms with van der Waals surface area (Å²) in [6.45, 7) is 0. The molecule has 16 heavy (non-hydrogen) atoms. The van der Waals surface area contributed by atoms with Crippen LogP contribution in [-0.4, -0.2) is 4.92 Å². The summed E-state index contributed by atoms with van der Waals surface area (Å²) in [4.78, 5) is 10.7. The fourth-order valence-electron chi connectivity index (χ4n) is 2.13. The van der Waals surface area contributed by atoms with E-state index in [-0.39, 0.29) is 10.6 Å². The molecule has 0 fully saturated rings. The first kappa shape index (κ1) is 9.54. The van der Waals surface area contributed by atoms with Crippen molar-refractivity contribution in [3.05, 3.63) is 50.0 Å². The van der Waals surface area contributed by atoms with E-state index in [2.05, 4.69) is 15.9 Å². The van der Waals surface area contributed by atoms with Crippen LogP contribution in [0.15, 0.2) is 28.7 Å². The molecule has 0 amide bonds. The molecule has 0 radical (unpaired) electrons. The highest BCUT2D eigenvalue weighted by Gasteiger charge is 2.21. The van der Waals surface area contributed by atoms with Gasteiger partial charge in [0.05, 0.1) is 14.8 Å². The zero-order chi connectivity index (χ0) is 11.3. The van der Waals surface area contributed by atoms with Crippen LogP contribution < -0.4 is 0 Å². The Hall–Kier alpha value is -1.68. The monoisotopic (exact) mass is 275 g/mol. The van der Waals surface area contributed by atoms with Gasteiger partial charge in [-0.2, -0.15) is 0 Å². The zero-order valence-corrected chi connectivity index (χ0v) is 9.69. The van der Waals surface area contributed by atoms with E-state index in [9.17, 15) is 10.1 Å². The van der Waals surface area contributed by atoms with Crippen LogP contribution in [0.3, 0.4) is 0 Å². The van der Waals surface area contributed by atoms with E-state index in [4.69, 9.17) is 0 Å². The summed E-state index contributed by atoms with van der Waals surface area (Å²) in [5.41, 5.74) is 2.22. The predicted octanol–water partition coefficient (Wildman–Crippen LogP) is 3.99. The van der Waals surface area contributed by atoms with E-state index in [1.807, 2.05) is 24.3 Å². The van der Waals surface area contributed by atoms with Crippen LogP contribution in [0.2, 0.25) is 0 Å². The number of halogens is 1. The molecule has 0 heterocycles. The van der Waals surface area contributed by atoms with Crippen molar-refractivity contribution in [3.8, 4) is 0 Å². The number of nitrogens with zero attached hydrogens (tertiary/aromatic N) is 1. The van der Waals surface area contributed by atoms with Crippen LogP contribution >= 0.6 is 15.9 Å². The molecule has 0 saturated heterocycles. The Morgan fingerprint density at radius 3 is 2.69 bits per heavy atom. The van der Waals surface area contributed by atoms with E-state index in [1.54, 1.807) is 12.1 Å². The summed E-state index contributed by atoms with van der Waals surface area (Å²) >= 11 is 3.26. The molecule has 2 aromatic carbocycles. The second kappa shape index (κ2) is 3.15. The van der Waals surface area contributed by atoms with Gasteiger partial charge < -0.3 is 0 Å². The minimum atomic E-state index is -0.342. The van der Waals surface area contributed by atoms with Gasteiger partial charge in [-0.1, -0.05) is 24.3 Å². The number of nitro benzene ring substituents is 1. The third kappa shape index (κ3) is 1.13. The summed E-state index contributed by atoms with van der Waals surface area (Å²) in [6, 6.07) is 7.40. The average molecular weight is 276 g/mol. The molecule has 3 nitrogen and oxygen atoms in total. The van der Waals surface area contributed by atoms with Gasteiger partial charge in [0.25, 0.3) is 5.69 Å². The molecule has 0 aliphatic heterocycles. The molecule has 3 rings (SSSR count). The Balaban J connectivity index is 2.56. The van der Waals surface area contributed by atoms with Crippen LogP contribution in [0.25, 0.3) is 22.9 Å². The number of nitro groups is 1. The topological polar surface area (TPSA) is 43.1 Å². The maximum absolute atomic E-state index is 11.0. The average Bonchev–Trinajstić information content (AvgIpc) is 2.62. The van der Waals surface area contributed by atoms with Crippen molar-refractivity contribution in [2.45, 2.75) is 0 Å². The highest BCUT2D eigenvalue weighted by atomic mass is 79.9. The Morgan fingerprint density at radius 1 is 1.19 bits per heavy atom. The fourth-order valence-corrected chi connectivity index (χ4v) is 2.74. The Bertz CT molecular complexity index is 662. The van der Waals surface area contributed by atoms with Gasteiger partial charge in [-0.3, -0.25) is 10.1 Å². The second-order valence-corrected chi connectivity index (χ2v) is 4.51. The largest absolute Gasteiger partial charge is 0.291 e. The van der Waals surface area contributed by atoms with Crippen molar-refractivity contribution in [1.29, 1.82) is 0 Å². The first-order valence-corrected chi connectivity index (χ1v) is 5.55. The van der Waals surface area contributed by atoms with Gasteiger partial charge in [-0.05, 0) is 39.2 Å². The zero-order valence-electron chi connectivity index (χ0n) is 8.11. The van der Waals surface area contributed by atoms with Crippen LogP contribution in [0.1, 0.15) is 11.1 Å². The lowest BCUT2D eigenvalue weighted by Crippen LogP contribution is -1.92. The highest BCUT2D eigenvalue weighted by Crippen LogP contribution is 2.40. The number of rotatable bonds is 1. The standard InChI is InChI=1S/C12H6BrNO2/c13-10-6-8-5-4-7-2-1-3-9(11(7)8)12(10)14(15)16/h1-6H. The van der Waals surface area contributed by atoms with Crippen molar-refractivity contribution >= 4 is 44.5 Å². The summed E-state index contributed by atoms with van der Waals surface area (Å²) in [5.74, 6) is 0. The van der Waals surface area contributed by atoms with Crippen molar-refractivity contribution < 1.29 is 4.92 Å². The number of hydrogen-bond acceptors (Lipinski definition) is 2. The van der Waals surface area contributed by atoms with Crippen molar-refractivity contribution in [1.82, 2.24) is 0 Å². The highest BCUT2D eigenvalue weighted by molar-refractivity contribution is 9.10. The third-order valence-corrected chi connectivity index (χ3v) is 3.38. The molecule has 0 N–H and O–H groups in total. The van der Waals surface area contributed by atoms with Crippen molar-refractivity contribution in [2.75, 3.05) is 0 Å². The SMILES string of the molecule is O=[N+]([O-])c1c(Br)cc2c3c(cccc13)C=C2. The molecular formula is C12H6BrNO2. The lowest BCUT2D eigenvalue weighted by Gasteiger charge is -2.04. The molecule has 0 unspecified atom stereocenters. The van der Waals surface area contributed by atoms with Gasteiger partial charge in [0.15, 0.2) is 0 Å². The van der Waals surface area contributed by atoms with E-state index < -0.39 is 0 Å². The smallest absolute Gasteiger partial charge is 0.258 e. The maximum atomic E-state index is 11.0. The molecular weight excluding hydrogens is 270 g/mol. The molecule has 4 heteroatoms. The van der Waals surface area contributed by atoms with Gasteiger partial charge in [-0.25, -0.2) is 0 Å². The number of hydrogen-bond donors (Lipinski definition) is 0. The molecule has 78 valence electrons. The fraction of sp³-hybridized carbons (Fsp3) is 0. The Kier molecular flexibility index (Phi) is 1.88. The minimum Gasteiger partial charge on any atom is -0.258 e. The summed E-state index contributed by atoms with van der Waals surface area (Å²) in [5, 5.41) is 12.7. The van der Waals surface area contributed by atoms with Crippen LogP contribution in [0, 0.1) is 10.1 Å². The van der Waals surface area contributed by atoms with Gasteiger partial charge >= 0.3 is 0 Å². The van der Waals surface area contributed by atoms with Crippen LogP contribution in [-0.2, 0) is 0 Å². The second-order valence-electron chi connectivity index (χ2n) is 3.66. The summed E-state index contributed by atoms with van der Waals surface area (Å²) in [7, 11) is 0. The quantitative estimate of drug-likeness (QED) is 0.498. The first-order valence-electron chi connectivity index (χ1n) is 4.76. The van der Waals surface area contributed by atoms with Crippen molar-refractivity contribution in [2.24, 2.45) is 0 Å². The van der Waals surface area contributed by atoms with Crippen molar-refractivity contribution in [3.63, 3.8) is 0 Å². The van der Waals surface area contributed by atoms with E-state index in [0.29, 0.717) is 9.86 Å². The van der Waals surface area contributed by atoms with Gasteiger partial charge in [-0.15, -0.1) is 0 Å². The first-order chi connectivity index (χ1) is 7.68. The molecule has 1 aliphatic rings. The molecule has 0 bridgehead atoms. The Labute approximate surface area is 99.7 Å². The molecule has 0 saturated carbocycles. The van der Waals surface area contributed by atoms with Gasteiger partial charge in [0.2, 0.25) is 0 Å². The minimum absolute atomic E-state index is 0.143. The molecule has 0 atom stereocenters. The molecule has 2 aromatic rings. The lowest BCUT2D eigenvalue weighted by atomic mass is 10.0. The molecule has 1 aliphatic carbocycles. The third-order valence-electron chi connectivity index (χ3n) is 2.77. The summed E-state index contributed by atoms with van der Waals surface area (Å²) in [6.07, 6.45) is 3.96. The molecule has 0 aromatic heterocycles. The summed E-state index contributed by atoms with van der Waals surface area (Å²) < 4.78 is 0.531.